The van der Waals surface area contributed by atoms with Crippen molar-refractivity contribution in [1.29, 1.82) is 0 Å². The molecule has 3 aromatic rings. The second kappa shape index (κ2) is 9.06. The zero-order valence-corrected chi connectivity index (χ0v) is 19.9. The van der Waals surface area contributed by atoms with Gasteiger partial charge in [0.25, 0.3) is 0 Å². The first-order chi connectivity index (χ1) is 16.0. The van der Waals surface area contributed by atoms with Gasteiger partial charge in [0.1, 0.15) is 11.5 Å². The van der Waals surface area contributed by atoms with Crippen LogP contribution in [0.1, 0.15) is 5.56 Å². The fourth-order valence-corrected chi connectivity index (χ4v) is 5.02. The van der Waals surface area contributed by atoms with Crippen molar-refractivity contribution in [2.24, 2.45) is 5.92 Å². The van der Waals surface area contributed by atoms with E-state index in [1.165, 1.54) is 16.6 Å². The van der Waals surface area contributed by atoms with Crippen LogP contribution in [0.25, 0.3) is 11.0 Å². The van der Waals surface area contributed by atoms with Crippen molar-refractivity contribution in [3.8, 4) is 0 Å². The summed E-state index contributed by atoms with van der Waals surface area (Å²) >= 11 is 0. The van der Waals surface area contributed by atoms with Gasteiger partial charge in [-0.25, -0.2) is 4.98 Å². The molecule has 0 atom stereocenters. The largest absolute Gasteiger partial charge is 0.368 e. The van der Waals surface area contributed by atoms with Crippen molar-refractivity contribution in [2.45, 2.75) is 13.5 Å². The average molecular weight is 447 g/mol. The van der Waals surface area contributed by atoms with Gasteiger partial charge in [0.15, 0.2) is 0 Å². The van der Waals surface area contributed by atoms with Crippen LogP contribution in [0.2, 0.25) is 0 Å². The standard InChI is InChI=1S/C26H34N6O/c1-20-6-4-5-7-23(20)30-14-16-31(17-15-30)24-9-8-21-10-11-32(25(21)27-24)13-12-29-18-22(19-29)26(33)28(2)3/h4-11,22H,12-19H2,1-3H3. The molecule has 4 heterocycles. The molecule has 33 heavy (non-hydrogen) atoms. The Kier molecular flexibility index (Phi) is 5.98. The second-order valence-corrected chi connectivity index (χ2v) is 9.54. The number of rotatable bonds is 6. The summed E-state index contributed by atoms with van der Waals surface area (Å²) in [7, 11) is 3.67. The summed E-state index contributed by atoms with van der Waals surface area (Å²) < 4.78 is 2.25. The predicted octanol–water partition coefficient (Wildman–Crippen LogP) is 2.69. The number of hydrogen-bond donors (Lipinski definition) is 0. The number of carbonyl (C=O) groups is 1. The highest BCUT2D eigenvalue weighted by Crippen LogP contribution is 2.25. The molecular weight excluding hydrogens is 412 g/mol. The lowest BCUT2D eigenvalue weighted by Gasteiger charge is -2.39. The SMILES string of the molecule is Cc1ccccc1N1CCN(c2ccc3ccn(CCN4CC(C(=O)N(C)C)C4)c3n2)CC1. The maximum Gasteiger partial charge on any atom is 0.227 e. The lowest BCUT2D eigenvalue weighted by atomic mass is 9.99. The smallest absolute Gasteiger partial charge is 0.227 e. The van der Waals surface area contributed by atoms with Gasteiger partial charge in [-0.3, -0.25) is 9.69 Å². The minimum atomic E-state index is 0.157. The quantitative estimate of drug-likeness (QED) is 0.583. The van der Waals surface area contributed by atoms with Crippen molar-refractivity contribution >= 4 is 28.4 Å². The third kappa shape index (κ3) is 4.42. The van der Waals surface area contributed by atoms with Crippen LogP contribution < -0.4 is 9.80 Å². The third-order valence-corrected chi connectivity index (χ3v) is 7.06. The number of para-hydroxylation sites is 1. The summed E-state index contributed by atoms with van der Waals surface area (Å²) in [4.78, 5) is 26.1. The summed E-state index contributed by atoms with van der Waals surface area (Å²) in [5.74, 6) is 1.46. The Bertz CT molecular complexity index is 1120. The molecule has 1 amide bonds. The van der Waals surface area contributed by atoms with Crippen LogP contribution in [0.4, 0.5) is 11.5 Å². The van der Waals surface area contributed by atoms with Crippen molar-refractivity contribution in [3.05, 3.63) is 54.2 Å². The molecule has 2 aliphatic heterocycles. The number of amides is 1. The van der Waals surface area contributed by atoms with Crippen LogP contribution in [-0.4, -0.2) is 85.2 Å². The summed E-state index contributed by atoms with van der Waals surface area (Å²) in [5, 5.41) is 1.18. The summed E-state index contributed by atoms with van der Waals surface area (Å²) in [5.41, 5.74) is 3.73. The zero-order chi connectivity index (χ0) is 22.9. The maximum absolute atomic E-state index is 12.1. The number of aryl methyl sites for hydroxylation is 1. The molecule has 0 N–H and O–H groups in total. The van der Waals surface area contributed by atoms with Gasteiger partial charge in [-0.2, -0.15) is 0 Å². The number of benzene rings is 1. The first-order valence-electron chi connectivity index (χ1n) is 11.9. The van der Waals surface area contributed by atoms with Gasteiger partial charge in [-0.1, -0.05) is 18.2 Å². The van der Waals surface area contributed by atoms with E-state index in [4.69, 9.17) is 4.98 Å². The highest BCUT2D eigenvalue weighted by Gasteiger charge is 2.33. The second-order valence-electron chi connectivity index (χ2n) is 9.54. The molecule has 0 saturated carbocycles. The average Bonchev–Trinajstić information content (AvgIpc) is 3.20. The summed E-state index contributed by atoms with van der Waals surface area (Å²) in [6.07, 6.45) is 2.14. The number of likely N-dealkylation sites (tertiary alicyclic amines) is 1. The van der Waals surface area contributed by atoms with Crippen LogP contribution in [-0.2, 0) is 11.3 Å². The Labute approximate surface area is 196 Å². The first kappa shape index (κ1) is 21.8. The van der Waals surface area contributed by atoms with Gasteiger partial charge >= 0.3 is 0 Å². The number of aromatic nitrogens is 2. The Morgan fingerprint density at radius 1 is 0.970 bits per heavy atom. The van der Waals surface area contributed by atoms with E-state index in [0.717, 1.165) is 63.8 Å². The number of carbonyl (C=O) groups excluding carboxylic acids is 1. The minimum Gasteiger partial charge on any atom is -0.368 e. The van der Waals surface area contributed by atoms with E-state index in [9.17, 15) is 4.79 Å². The van der Waals surface area contributed by atoms with Gasteiger partial charge in [-0.15, -0.1) is 0 Å². The van der Waals surface area contributed by atoms with E-state index >= 15 is 0 Å². The highest BCUT2D eigenvalue weighted by molar-refractivity contribution is 5.80. The minimum absolute atomic E-state index is 0.157. The van der Waals surface area contributed by atoms with E-state index in [2.05, 4.69) is 74.9 Å². The van der Waals surface area contributed by atoms with Crippen molar-refractivity contribution in [3.63, 3.8) is 0 Å². The molecule has 0 spiro atoms. The molecule has 7 heteroatoms. The number of pyridine rings is 1. The lowest BCUT2D eigenvalue weighted by molar-refractivity contribution is -0.138. The van der Waals surface area contributed by atoms with E-state index in [-0.39, 0.29) is 11.8 Å². The molecule has 0 aliphatic carbocycles. The van der Waals surface area contributed by atoms with Crippen molar-refractivity contribution in [2.75, 3.05) is 69.7 Å². The Morgan fingerprint density at radius 3 is 2.42 bits per heavy atom. The number of piperazine rings is 1. The molecule has 2 aliphatic rings. The summed E-state index contributed by atoms with van der Waals surface area (Å²) in [6, 6.07) is 15.1. The Morgan fingerprint density at radius 2 is 1.70 bits per heavy atom. The molecule has 5 rings (SSSR count). The number of nitrogens with zero attached hydrogens (tertiary/aromatic N) is 6. The van der Waals surface area contributed by atoms with E-state index in [1.807, 2.05) is 14.1 Å². The molecule has 174 valence electrons. The fraction of sp³-hybridized carbons (Fsp3) is 0.462. The van der Waals surface area contributed by atoms with Crippen molar-refractivity contribution < 1.29 is 4.79 Å². The van der Waals surface area contributed by atoms with Gasteiger partial charge < -0.3 is 19.3 Å². The van der Waals surface area contributed by atoms with Gasteiger partial charge in [0.05, 0.1) is 5.92 Å². The van der Waals surface area contributed by atoms with Crippen LogP contribution in [0.15, 0.2) is 48.7 Å². The van der Waals surface area contributed by atoms with Crippen LogP contribution in [0.5, 0.6) is 0 Å². The zero-order valence-electron chi connectivity index (χ0n) is 19.9. The molecule has 0 radical (unpaired) electrons. The molecule has 0 unspecified atom stereocenters. The first-order valence-corrected chi connectivity index (χ1v) is 11.9. The molecule has 0 bridgehead atoms. The molecule has 2 fully saturated rings. The number of anilines is 2. The van der Waals surface area contributed by atoms with Gasteiger partial charge in [-0.05, 0) is 36.8 Å². The van der Waals surface area contributed by atoms with Crippen LogP contribution in [0.3, 0.4) is 0 Å². The molecule has 2 saturated heterocycles. The Balaban J connectivity index is 1.20. The topological polar surface area (TPSA) is 47.9 Å². The van der Waals surface area contributed by atoms with Crippen molar-refractivity contribution in [1.82, 2.24) is 19.4 Å². The van der Waals surface area contributed by atoms with E-state index in [0.29, 0.717) is 0 Å². The van der Waals surface area contributed by atoms with Crippen LogP contribution in [0, 0.1) is 12.8 Å². The Hall–Kier alpha value is -3.06. The molecule has 1 aromatic carbocycles. The molecule has 7 nitrogen and oxygen atoms in total. The summed E-state index contributed by atoms with van der Waals surface area (Å²) in [6.45, 7) is 9.71. The monoisotopic (exact) mass is 446 g/mol. The number of fused-ring (bicyclic) bond motifs is 1. The van der Waals surface area contributed by atoms with Gasteiger partial charge in [0, 0.05) is 83.7 Å². The van der Waals surface area contributed by atoms with E-state index < -0.39 is 0 Å². The van der Waals surface area contributed by atoms with E-state index in [1.54, 1.807) is 4.90 Å². The molecular formula is C26H34N6O. The number of hydrogen-bond acceptors (Lipinski definition) is 5. The predicted molar refractivity (Wildman–Crippen MR) is 134 cm³/mol. The lowest BCUT2D eigenvalue weighted by Crippen LogP contribution is -2.53. The maximum atomic E-state index is 12.1. The van der Waals surface area contributed by atoms with Gasteiger partial charge in [0.2, 0.25) is 5.91 Å². The van der Waals surface area contributed by atoms with Crippen LogP contribution >= 0.6 is 0 Å². The third-order valence-electron chi connectivity index (χ3n) is 7.06. The normalized spacial score (nSPS) is 17.4. The highest BCUT2D eigenvalue weighted by atomic mass is 16.2. The molecule has 2 aromatic heterocycles. The fourth-order valence-electron chi connectivity index (χ4n) is 5.02.